The zero-order valence-electron chi connectivity index (χ0n) is 6.85. The third-order valence-corrected chi connectivity index (χ3v) is 2.15. The average Bonchev–Trinajstić information content (AvgIpc) is 2.30. The summed E-state index contributed by atoms with van der Waals surface area (Å²) in [6.45, 7) is -0.608. The molecule has 4 atom stereocenters. The van der Waals surface area contributed by atoms with Gasteiger partial charge in [0, 0.05) is 0 Å². The van der Waals surface area contributed by atoms with E-state index in [1.165, 1.54) is 0 Å². The Morgan fingerprint density at radius 1 is 1.29 bits per heavy atom. The second-order valence-corrected chi connectivity index (χ2v) is 3.78. The molecule has 1 fully saturated rings. The lowest BCUT2D eigenvalue weighted by Crippen LogP contribution is -2.35. The summed E-state index contributed by atoms with van der Waals surface area (Å²) >= 11 is 0. The van der Waals surface area contributed by atoms with Gasteiger partial charge in [-0.3, -0.25) is 4.55 Å². The largest absolute Gasteiger partial charge is 0.399 e. The second-order valence-electron chi connectivity index (χ2n) is 2.73. The predicted molar refractivity (Wildman–Crippen MR) is 40.4 cm³/mol. The Hall–Kier alpha value is -0.290. The van der Waals surface area contributed by atoms with Gasteiger partial charge in [-0.15, -0.1) is 0 Å². The second kappa shape index (κ2) is 4.06. The van der Waals surface area contributed by atoms with Gasteiger partial charge < -0.3 is 20.1 Å². The molecule has 1 aliphatic rings. The number of aliphatic hydroxyl groups is 3. The van der Waals surface area contributed by atoms with Gasteiger partial charge in [0.15, 0.2) is 0 Å². The predicted octanol–water partition coefficient (Wildman–Crippen LogP) is -2.76. The van der Waals surface area contributed by atoms with E-state index in [0.29, 0.717) is 0 Å². The van der Waals surface area contributed by atoms with Gasteiger partial charge in [0.1, 0.15) is 18.3 Å². The van der Waals surface area contributed by atoms with Crippen LogP contribution in [0.3, 0.4) is 0 Å². The highest BCUT2D eigenvalue weighted by atomic mass is 32.3. The lowest BCUT2D eigenvalue weighted by molar-refractivity contribution is -0.117. The molecule has 4 N–H and O–H groups in total. The van der Waals surface area contributed by atoms with Crippen LogP contribution in [-0.4, -0.2) is 59.5 Å². The maximum absolute atomic E-state index is 10.2. The number of hydrogen-bond acceptors (Lipinski definition) is 7. The Morgan fingerprint density at radius 3 is 2.21 bits per heavy atom. The molecular formula is C5H10O8S. The Kier molecular flexibility index (Phi) is 3.42. The van der Waals surface area contributed by atoms with Crippen LogP contribution in [0.5, 0.6) is 0 Å². The SMILES string of the molecule is O=S(=O)(O)O[C@@H]1O[C@H](CO)[C@@H](O)[C@H]1O. The normalized spacial score (nSPS) is 38.9. The molecule has 1 rings (SSSR count). The average molecular weight is 230 g/mol. The Morgan fingerprint density at radius 2 is 1.86 bits per heavy atom. The number of ether oxygens (including phenoxy) is 1. The van der Waals surface area contributed by atoms with Gasteiger partial charge in [0.05, 0.1) is 6.61 Å². The molecule has 14 heavy (non-hydrogen) atoms. The van der Waals surface area contributed by atoms with E-state index in [-0.39, 0.29) is 0 Å². The topological polar surface area (TPSA) is 134 Å². The third-order valence-electron chi connectivity index (χ3n) is 1.71. The fourth-order valence-electron chi connectivity index (χ4n) is 1.06. The van der Waals surface area contributed by atoms with Crippen LogP contribution in [0.4, 0.5) is 0 Å². The minimum absolute atomic E-state index is 0.608. The molecule has 0 aromatic heterocycles. The highest BCUT2D eigenvalue weighted by Gasteiger charge is 2.45. The van der Waals surface area contributed by atoms with E-state index in [4.69, 9.17) is 19.9 Å². The van der Waals surface area contributed by atoms with Crippen molar-refractivity contribution in [2.75, 3.05) is 6.61 Å². The van der Waals surface area contributed by atoms with Gasteiger partial charge in [-0.05, 0) is 0 Å². The lowest BCUT2D eigenvalue weighted by Gasteiger charge is -2.11. The Balaban J connectivity index is 2.66. The molecule has 0 spiro atoms. The summed E-state index contributed by atoms with van der Waals surface area (Å²) in [6.07, 6.45) is -5.96. The maximum Gasteiger partial charge on any atom is 0.399 e. The summed E-state index contributed by atoms with van der Waals surface area (Å²) < 4.78 is 37.2. The Bertz CT molecular complexity index is 286. The minimum Gasteiger partial charge on any atom is -0.394 e. The van der Waals surface area contributed by atoms with Crippen molar-refractivity contribution in [3.63, 3.8) is 0 Å². The summed E-state index contributed by atoms with van der Waals surface area (Å²) in [4.78, 5) is 0. The van der Waals surface area contributed by atoms with Gasteiger partial charge in [-0.2, -0.15) is 8.42 Å². The van der Waals surface area contributed by atoms with E-state index in [2.05, 4.69) is 8.92 Å². The van der Waals surface area contributed by atoms with Crippen LogP contribution >= 0.6 is 0 Å². The summed E-state index contributed by atoms with van der Waals surface area (Å²) in [5.41, 5.74) is 0. The van der Waals surface area contributed by atoms with Crippen LogP contribution in [0.2, 0.25) is 0 Å². The first-order valence-electron chi connectivity index (χ1n) is 3.63. The van der Waals surface area contributed by atoms with Crippen molar-refractivity contribution >= 4 is 10.4 Å². The molecule has 1 aliphatic heterocycles. The van der Waals surface area contributed by atoms with E-state index in [1.807, 2.05) is 0 Å². The summed E-state index contributed by atoms with van der Waals surface area (Å²) in [6, 6.07) is 0. The monoisotopic (exact) mass is 230 g/mol. The van der Waals surface area contributed by atoms with Crippen LogP contribution in [0, 0.1) is 0 Å². The standard InChI is InChI=1S/C5H10O8S/c6-1-2-3(7)4(8)5(12-2)13-14(9,10)11/h2-8H,1H2,(H,9,10,11)/t2-,3-,4-,5+/m1/s1. The maximum atomic E-state index is 10.2. The van der Waals surface area contributed by atoms with Crippen molar-refractivity contribution in [1.82, 2.24) is 0 Å². The molecule has 0 radical (unpaired) electrons. The van der Waals surface area contributed by atoms with Crippen LogP contribution in [0.1, 0.15) is 0 Å². The van der Waals surface area contributed by atoms with Crippen molar-refractivity contribution < 1.29 is 37.2 Å². The molecule has 0 aliphatic carbocycles. The van der Waals surface area contributed by atoms with E-state index < -0.39 is 41.6 Å². The molecule has 0 unspecified atom stereocenters. The van der Waals surface area contributed by atoms with Gasteiger partial charge in [-0.25, -0.2) is 4.18 Å². The third kappa shape index (κ3) is 2.60. The van der Waals surface area contributed by atoms with Gasteiger partial charge >= 0.3 is 10.4 Å². The highest BCUT2D eigenvalue weighted by molar-refractivity contribution is 7.80. The molecule has 9 heteroatoms. The summed E-state index contributed by atoms with van der Waals surface area (Å²) in [5.74, 6) is 0. The van der Waals surface area contributed by atoms with Crippen molar-refractivity contribution in [3.8, 4) is 0 Å². The van der Waals surface area contributed by atoms with Crippen molar-refractivity contribution in [1.29, 1.82) is 0 Å². The fourth-order valence-corrected chi connectivity index (χ4v) is 1.46. The molecular weight excluding hydrogens is 220 g/mol. The van der Waals surface area contributed by atoms with Crippen LogP contribution in [0.25, 0.3) is 0 Å². The van der Waals surface area contributed by atoms with E-state index in [0.717, 1.165) is 0 Å². The first-order valence-corrected chi connectivity index (χ1v) is 5.00. The first-order chi connectivity index (χ1) is 6.35. The molecule has 0 aromatic rings. The number of hydrogen-bond donors (Lipinski definition) is 4. The first kappa shape index (κ1) is 11.8. The molecule has 84 valence electrons. The van der Waals surface area contributed by atoms with Crippen LogP contribution in [0.15, 0.2) is 0 Å². The quantitative estimate of drug-likeness (QED) is 0.383. The van der Waals surface area contributed by atoms with E-state index >= 15 is 0 Å². The lowest BCUT2D eigenvalue weighted by atomic mass is 10.1. The summed E-state index contributed by atoms with van der Waals surface area (Å²) in [5, 5.41) is 26.9. The van der Waals surface area contributed by atoms with Crippen molar-refractivity contribution in [2.24, 2.45) is 0 Å². The molecule has 0 bridgehead atoms. The van der Waals surface area contributed by atoms with Crippen molar-refractivity contribution in [3.05, 3.63) is 0 Å². The zero-order valence-corrected chi connectivity index (χ0v) is 7.66. The van der Waals surface area contributed by atoms with E-state index in [1.54, 1.807) is 0 Å². The Labute approximate surface area is 79.6 Å². The van der Waals surface area contributed by atoms with Crippen molar-refractivity contribution in [2.45, 2.75) is 24.6 Å². The van der Waals surface area contributed by atoms with Gasteiger partial charge in [-0.1, -0.05) is 0 Å². The van der Waals surface area contributed by atoms with Crippen LogP contribution in [-0.2, 0) is 19.3 Å². The highest BCUT2D eigenvalue weighted by Crippen LogP contribution is 2.22. The zero-order chi connectivity index (χ0) is 10.9. The number of rotatable bonds is 3. The summed E-state index contributed by atoms with van der Waals surface area (Å²) in [7, 11) is -4.77. The smallest absolute Gasteiger partial charge is 0.394 e. The molecule has 0 aromatic carbocycles. The fraction of sp³-hybridized carbons (Fsp3) is 1.00. The van der Waals surface area contributed by atoms with Gasteiger partial charge in [0.2, 0.25) is 6.29 Å². The molecule has 8 nitrogen and oxygen atoms in total. The van der Waals surface area contributed by atoms with Crippen LogP contribution < -0.4 is 0 Å². The molecule has 0 amide bonds. The van der Waals surface area contributed by atoms with E-state index in [9.17, 15) is 8.42 Å². The number of aliphatic hydroxyl groups excluding tert-OH is 3. The minimum atomic E-state index is -4.77. The van der Waals surface area contributed by atoms with Gasteiger partial charge in [0.25, 0.3) is 0 Å². The molecule has 1 saturated heterocycles. The molecule has 0 saturated carbocycles. The molecule has 1 heterocycles.